The van der Waals surface area contributed by atoms with Crippen molar-refractivity contribution in [2.75, 3.05) is 7.11 Å². The van der Waals surface area contributed by atoms with Crippen molar-refractivity contribution < 1.29 is 13.9 Å². The SMILES string of the molecule is COc1ccc2oc(-c3cccc(N=C=O)c3C)nc2c1. The van der Waals surface area contributed by atoms with Gasteiger partial charge in [-0.2, -0.15) is 4.99 Å². The number of aromatic nitrogens is 1. The van der Waals surface area contributed by atoms with Gasteiger partial charge in [-0.05, 0) is 36.8 Å². The van der Waals surface area contributed by atoms with Gasteiger partial charge in [-0.1, -0.05) is 6.07 Å². The first-order chi connectivity index (χ1) is 10.2. The highest BCUT2D eigenvalue weighted by atomic mass is 16.5. The van der Waals surface area contributed by atoms with Gasteiger partial charge >= 0.3 is 0 Å². The number of oxazole rings is 1. The minimum Gasteiger partial charge on any atom is -0.497 e. The highest BCUT2D eigenvalue weighted by Crippen LogP contribution is 2.32. The second kappa shape index (κ2) is 5.23. The van der Waals surface area contributed by atoms with E-state index in [1.807, 2.05) is 31.2 Å². The van der Waals surface area contributed by atoms with E-state index in [1.54, 1.807) is 25.3 Å². The first-order valence-electron chi connectivity index (χ1n) is 6.35. The Labute approximate surface area is 120 Å². The average Bonchev–Trinajstić information content (AvgIpc) is 2.92. The van der Waals surface area contributed by atoms with Gasteiger partial charge in [-0.15, -0.1) is 0 Å². The number of isocyanates is 1. The number of fused-ring (bicyclic) bond motifs is 1. The van der Waals surface area contributed by atoms with Crippen LogP contribution >= 0.6 is 0 Å². The van der Waals surface area contributed by atoms with Crippen LogP contribution in [-0.4, -0.2) is 18.2 Å². The summed E-state index contributed by atoms with van der Waals surface area (Å²) in [4.78, 5) is 18.6. The first kappa shape index (κ1) is 13.1. The van der Waals surface area contributed by atoms with Gasteiger partial charge in [-0.3, -0.25) is 0 Å². The summed E-state index contributed by atoms with van der Waals surface area (Å²) in [5.41, 5.74) is 3.56. The van der Waals surface area contributed by atoms with Gasteiger partial charge in [0.25, 0.3) is 0 Å². The second-order valence-corrected chi connectivity index (χ2v) is 4.51. The Kier molecular flexibility index (Phi) is 3.26. The zero-order valence-corrected chi connectivity index (χ0v) is 11.6. The van der Waals surface area contributed by atoms with E-state index in [2.05, 4.69) is 9.98 Å². The van der Waals surface area contributed by atoms with Crippen LogP contribution in [0.2, 0.25) is 0 Å². The van der Waals surface area contributed by atoms with Crippen molar-refractivity contribution in [1.29, 1.82) is 0 Å². The molecule has 0 N–H and O–H groups in total. The first-order valence-corrected chi connectivity index (χ1v) is 6.35. The Bertz CT molecular complexity index is 861. The van der Waals surface area contributed by atoms with Crippen LogP contribution < -0.4 is 4.74 Å². The zero-order chi connectivity index (χ0) is 14.8. The van der Waals surface area contributed by atoms with Gasteiger partial charge in [0.1, 0.15) is 11.3 Å². The highest BCUT2D eigenvalue weighted by Gasteiger charge is 2.13. The van der Waals surface area contributed by atoms with Crippen LogP contribution in [0, 0.1) is 6.92 Å². The lowest BCUT2D eigenvalue weighted by atomic mass is 10.1. The second-order valence-electron chi connectivity index (χ2n) is 4.51. The zero-order valence-electron chi connectivity index (χ0n) is 11.6. The van der Waals surface area contributed by atoms with Crippen LogP contribution in [0.4, 0.5) is 5.69 Å². The molecular weight excluding hydrogens is 268 g/mol. The molecule has 1 heterocycles. The number of nitrogens with zero attached hydrogens (tertiary/aromatic N) is 2. The van der Waals surface area contributed by atoms with E-state index in [0.29, 0.717) is 22.7 Å². The van der Waals surface area contributed by atoms with Gasteiger partial charge in [0.2, 0.25) is 12.0 Å². The van der Waals surface area contributed by atoms with Crippen molar-refractivity contribution >= 4 is 22.9 Å². The molecule has 0 spiro atoms. The Morgan fingerprint density at radius 1 is 1.29 bits per heavy atom. The molecule has 0 aliphatic heterocycles. The van der Waals surface area contributed by atoms with E-state index in [0.717, 1.165) is 16.9 Å². The van der Waals surface area contributed by atoms with Crippen molar-refractivity contribution in [2.45, 2.75) is 6.92 Å². The van der Waals surface area contributed by atoms with Crippen LogP contribution in [0.5, 0.6) is 5.75 Å². The van der Waals surface area contributed by atoms with E-state index in [1.165, 1.54) is 0 Å². The Morgan fingerprint density at radius 3 is 2.90 bits per heavy atom. The van der Waals surface area contributed by atoms with Crippen LogP contribution in [0.25, 0.3) is 22.6 Å². The van der Waals surface area contributed by atoms with Crippen molar-refractivity contribution in [3.63, 3.8) is 0 Å². The van der Waals surface area contributed by atoms with E-state index in [-0.39, 0.29) is 0 Å². The van der Waals surface area contributed by atoms with Gasteiger partial charge in [-0.25, -0.2) is 9.78 Å². The fraction of sp³-hybridized carbons (Fsp3) is 0.125. The molecule has 0 atom stereocenters. The summed E-state index contributed by atoms with van der Waals surface area (Å²) in [7, 11) is 1.60. The highest BCUT2D eigenvalue weighted by molar-refractivity contribution is 5.79. The van der Waals surface area contributed by atoms with Gasteiger partial charge < -0.3 is 9.15 Å². The minimum absolute atomic E-state index is 0.485. The lowest BCUT2D eigenvalue weighted by Crippen LogP contribution is -1.84. The lowest BCUT2D eigenvalue weighted by molar-refractivity contribution is 0.415. The smallest absolute Gasteiger partial charge is 0.240 e. The van der Waals surface area contributed by atoms with E-state index in [9.17, 15) is 4.79 Å². The van der Waals surface area contributed by atoms with Crippen LogP contribution in [0.3, 0.4) is 0 Å². The molecule has 1 aromatic heterocycles. The van der Waals surface area contributed by atoms with Crippen molar-refractivity contribution in [2.24, 2.45) is 4.99 Å². The number of benzene rings is 2. The molecule has 104 valence electrons. The summed E-state index contributed by atoms with van der Waals surface area (Å²) in [5.74, 6) is 1.21. The normalized spacial score (nSPS) is 10.4. The minimum atomic E-state index is 0.485. The quantitative estimate of drug-likeness (QED) is 0.541. The number of hydrogen-bond acceptors (Lipinski definition) is 5. The van der Waals surface area contributed by atoms with E-state index in [4.69, 9.17) is 9.15 Å². The Hall–Kier alpha value is -2.91. The summed E-state index contributed by atoms with van der Waals surface area (Å²) >= 11 is 0. The molecule has 0 saturated carbocycles. The molecule has 0 aliphatic carbocycles. The molecule has 0 amide bonds. The molecule has 5 nitrogen and oxygen atoms in total. The van der Waals surface area contributed by atoms with Crippen molar-refractivity contribution in [3.8, 4) is 17.2 Å². The molecule has 0 radical (unpaired) electrons. The molecule has 0 unspecified atom stereocenters. The number of carbonyl (C=O) groups excluding carboxylic acids is 1. The van der Waals surface area contributed by atoms with Crippen LogP contribution in [0.1, 0.15) is 5.56 Å². The molecule has 0 bridgehead atoms. The predicted octanol–water partition coefficient (Wildman–Crippen LogP) is 3.78. The molecule has 3 aromatic rings. The molecule has 5 heteroatoms. The molecule has 0 aliphatic rings. The average molecular weight is 280 g/mol. The van der Waals surface area contributed by atoms with Crippen molar-refractivity contribution in [1.82, 2.24) is 4.98 Å². The number of ether oxygens (including phenoxy) is 1. The summed E-state index contributed by atoms with van der Waals surface area (Å²) in [6.45, 7) is 1.86. The molecule has 0 saturated heterocycles. The fourth-order valence-electron chi connectivity index (χ4n) is 2.17. The predicted molar refractivity (Wildman–Crippen MR) is 78.5 cm³/mol. The standard InChI is InChI=1S/C16H12N2O3/c1-10-12(4-3-5-13(10)17-9-19)16-18-14-8-11(20-2)6-7-15(14)21-16/h3-8H,1-2H3. The molecular formula is C16H12N2O3. The van der Waals surface area contributed by atoms with Gasteiger partial charge in [0.05, 0.1) is 12.8 Å². The van der Waals surface area contributed by atoms with Gasteiger partial charge in [0.15, 0.2) is 5.58 Å². The largest absolute Gasteiger partial charge is 0.497 e. The number of rotatable bonds is 3. The number of hydrogen-bond donors (Lipinski definition) is 0. The molecule has 2 aromatic carbocycles. The summed E-state index contributed by atoms with van der Waals surface area (Å²) < 4.78 is 10.9. The Morgan fingerprint density at radius 2 is 2.14 bits per heavy atom. The summed E-state index contributed by atoms with van der Waals surface area (Å²) in [6.07, 6.45) is 1.55. The molecule has 0 fully saturated rings. The van der Waals surface area contributed by atoms with E-state index >= 15 is 0 Å². The fourth-order valence-corrected chi connectivity index (χ4v) is 2.17. The number of aliphatic imine (C=N–C) groups is 1. The van der Waals surface area contributed by atoms with Crippen LogP contribution in [-0.2, 0) is 4.79 Å². The van der Waals surface area contributed by atoms with Gasteiger partial charge in [0, 0.05) is 11.6 Å². The maximum atomic E-state index is 10.4. The van der Waals surface area contributed by atoms with Crippen LogP contribution in [0.15, 0.2) is 45.8 Å². The third-order valence-electron chi connectivity index (χ3n) is 3.30. The lowest BCUT2D eigenvalue weighted by Gasteiger charge is -2.03. The maximum absolute atomic E-state index is 10.4. The third-order valence-corrected chi connectivity index (χ3v) is 3.30. The number of methoxy groups -OCH3 is 1. The molecule has 21 heavy (non-hydrogen) atoms. The van der Waals surface area contributed by atoms with E-state index < -0.39 is 0 Å². The maximum Gasteiger partial charge on any atom is 0.240 e. The van der Waals surface area contributed by atoms with Crippen molar-refractivity contribution in [3.05, 3.63) is 42.0 Å². The Balaban J connectivity index is 2.16. The topological polar surface area (TPSA) is 64.7 Å². The monoisotopic (exact) mass is 280 g/mol. The third kappa shape index (κ3) is 2.30. The molecule has 3 rings (SSSR count). The summed E-state index contributed by atoms with van der Waals surface area (Å²) in [6, 6.07) is 10.9. The summed E-state index contributed by atoms with van der Waals surface area (Å²) in [5, 5.41) is 0.